The number of thiazole rings is 1. The van der Waals surface area contributed by atoms with Crippen molar-refractivity contribution in [2.75, 3.05) is 18.5 Å². The van der Waals surface area contributed by atoms with Gasteiger partial charge in [-0.2, -0.15) is 11.3 Å². The molecule has 0 fully saturated rings. The highest BCUT2D eigenvalue weighted by Crippen LogP contribution is 2.29. The Morgan fingerprint density at radius 2 is 2.15 bits per heavy atom. The normalized spacial score (nSPS) is 10.7. The van der Waals surface area contributed by atoms with E-state index in [4.69, 9.17) is 9.47 Å². The third-order valence-electron chi connectivity index (χ3n) is 3.48. The van der Waals surface area contributed by atoms with Crippen molar-refractivity contribution in [2.45, 2.75) is 19.8 Å². The molecule has 0 aliphatic rings. The maximum absolute atomic E-state index is 12.0. The fourth-order valence-electron chi connectivity index (χ4n) is 2.27. The number of hydrogen-bond acceptors (Lipinski definition) is 7. The minimum absolute atomic E-state index is 0.255. The van der Waals surface area contributed by atoms with E-state index < -0.39 is 11.9 Å². The smallest absolute Gasteiger partial charge is 0.306 e. The van der Waals surface area contributed by atoms with Crippen LogP contribution in [0.5, 0.6) is 5.75 Å². The maximum Gasteiger partial charge on any atom is 0.306 e. The summed E-state index contributed by atoms with van der Waals surface area (Å²) in [6.45, 7) is 2.19. The average Bonchev–Trinajstić information content (AvgIpc) is 3.27. The first-order valence-corrected chi connectivity index (χ1v) is 9.90. The monoisotopic (exact) mass is 390 g/mol. The lowest BCUT2D eigenvalue weighted by atomic mass is 10.2. The summed E-state index contributed by atoms with van der Waals surface area (Å²) in [5.41, 5.74) is 1.87. The van der Waals surface area contributed by atoms with Crippen LogP contribution >= 0.6 is 22.7 Å². The van der Waals surface area contributed by atoms with Crippen LogP contribution in [0.3, 0.4) is 0 Å². The molecule has 0 aliphatic heterocycles. The number of nitrogens with zero attached hydrogens (tertiary/aromatic N) is 1. The third kappa shape index (κ3) is 5.03. The Balaban J connectivity index is 1.48. The largest absolute Gasteiger partial charge is 0.494 e. The van der Waals surface area contributed by atoms with Crippen LogP contribution in [0, 0.1) is 0 Å². The summed E-state index contributed by atoms with van der Waals surface area (Å²) in [6, 6.07) is 7.54. The van der Waals surface area contributed by atoms with Crippen molar-refractivity contribution in [2.24, 2.45) is 0 Å². The fourth-order valence-corrected chi connectivity index (χ4v) is 3.88. The predicted octanol–water partition coefficient (Wildman–Crippen LogP) is 3.87. The van der Waals surface area contributed by atoms with E-state index in [9.17, 15) is 9.59 Å². The van der Waals surface area contributed by atoms with Gasteiger partial charge in [0.15, 0.2) is 11.7 Å². The van der Waals surface area contributed by atoms with Crippen molar-refractivity contribution in [1.82, 2.24) is 4.98 Å². The number of anilines is 1. The Hall–Kier alpha value is -2.45. The van der Waals surface area contributed by atoms with E-state index in [1.165, 1.54) is 11.3 Å². The number of carbonyl (C=O) groups is 2. The molecule has 8 heteroatoms. The second kappa shape index (κ2) is 8.77. The fraction of sp³-hybridized carbons (Fsp3) is 0.278. The standard InChI is InChI=1S/C18H18N2O4S2/c1-2-23-13-4-5-14-15(9-13)26-18(19-14)20-16(21)10-24-17(22)6-3-12-7-8-25-11-12/h4-5,7-9,11H,2-3,6,10H2,1H3,(H,19,20,21). The highest BCUT2D eigenvalue weighted by atomic mass is 32.1. The SMILES string of the molecule is CCOc1ccc2nc(NC(=O)COC(=O)CCc3ccsc3)sc2c1. The van der Waals surface area contributed by atoms with Crippen LogP contribution < -0.4 is 10.1 Å². The highest BCUT2D eigenvalue weighted by Gasteiger charge is 2.11. The molecule has 0 saturated carbocycles. The average molecular weight is 390 g/mol. The molecule has 0 bridgehead atoms. The first-order valence-electron chi connectivity index (χ1n) is 8.14. The van der Waals surface area contributed by atoms with Crippen LogP contribution in [0.25, 0.3) is 10.2 Å². The van der Waals surface area contributed by atoms with Crippen LogP contribution in [0.2, 0.25) is 0 Å². The number of fused-ring (bicyclic) bond motifs is 1. The number of thiophene rings is 1. The zero-order chi connectivity index (χ0) is 18.4. The number of hydrogen-bond donors (Lipinski definition) is 1. The molecule has 3 aromatic rings. The predicted molar refractivity (Wildman–Crippen MR) is 103 cm³/mol. The highest BCUT2D eigenvalue weighted by molar-refractivity contribution is 7.22. The number of nitrogens with one attached hydrogen (secondary N) is 1. The topological polar surface area (TPSA) is 77.5 Å². The van der Waals surface area contributed by atoms with E-state index in [-0.39, 0.29) is 13.0 Å². The molecular weight excluding hydrogens is 372 g/mol. The van der Waals surface area contributed by atoms with Gasteiger partial charge in [-0.25, -0.2) is 4.98 Å². The molecule has 0 atom stereocenters. The Bertz CT molecular complexity index is 890. The van der Waals surface area contributed by atoms with Crippen molar-refractivity contribution in [3.8, 4) is 5.75 Å². The van der Waals surface area contributed by atoms with Crippen LogP contribution in [0.4, 0.5) is 5.13 Å². The lowest BCUT2D eigenvalue weighted by Crippen LogP contribution is -2.20. The van der Waals surface area contributed by atoms with Crippen LogP contribution in [-0.2, 0) is 20.7 Å². The van der Waals surface area contributed by atoms with Gasteiger partial charge >= 0.3 is 5.97 Å². The summed E-state index contributed by atoms with van der Waals surface area (Å²) < 4.78 is 11.4. The van der Waals surface area contributed by atoms with E-state index in [0.717, 1.165) is 21.5 Å². The van der Waals surface area contributed by atoms with Gasteiger partial charge in [0.25, 0.3) is 5.91 Å². The van der Waals surface area contributed by atoms with Crippen LogP contribution in [-0.4, -0.2) is 30.1 Å². The minimum Gasteiger partial charge on any atom is -0.494 e. The Labute approximate surface area is 158 Å². The molecule has 0 unspecified atom stereocenters. The molecule has 3 rings (SSSR count). The van der Waals surface area contributed by atoms with Crippen LogP contribution in [0.15, 0.2) is 35.0 Å². The van der Waals surface area contributed by atoms with Crippen molar-refractivity contribution in [3.63, 3.8) is 0 Å². The molecule has 0 spiro atoms. The summed E-state index contributed by atoms with van der Waals surface area (Å²) in [5.74, 6) is -0.0314. The van der Waals surface area contributed by atoms with Crippen molar-refractivity contribution < 1.29 is 19.1 Å². The van der Waals surface area contributed by atoms with Crippen molar-refractivity contribution >= 4 is 49.9 Å². The number of amides is 1. The lowest BCUT2D eigenvalue weighted by Gasteiger charge is -2.04. The second-order valence-corrected chi connectivity index (χ2v) is 7.23. The van der Waals surface area contributed by atoms with Crippen LogP contribution in [0.1, 0.15) is 18.9 Å². The maximum atomic E-state index is 12.0. The van der Waals surface area contributed by atoms with Crippen molar-refractivity contribution in [1.29, 1.82) is 0 Å². The lowest BCUT2D eigenvalue weighted by molar-refractivity contribution is -0.147. The summed E-state index contributed by atoms with van der Waals surface area (Å²) in [7, 11) is 0. The number of ether oxygens (including phenoxy) is 2. The minimum atomic E-state index is -0.405. The zero-order valence-corrected chi connectivity index (χ0v) is 15.8. The zero-order valence-electron chi connectivity index (χ0n) is 14.2. The van der Waals surface area contributed by atoms with E-state index in [1.807, 2.05) is 41.9 Å². The molecule has 2 aromatic heterocycles. The van der Waals surface area contributed by atoms with Gasteiger partial charge < -0.3 is 9.47 Å². The van der Waals surface area contributed by atoms with E-state index in [0.29, 0.717) is 18.2 Å². The summed E-state index contributed by atoms with van der Waals surface area (Å²) in [6.07, 6.45) is 0.870. The summed E-state index contributed by atoms with van der Waals surface area (Å²) >= 11 is 2.93. The molecule has 1 amide bonds. The number of benzene rings is 1. The molecule has 6 nitrogen and oxygen atoms in total. The summed E-state index contributed by atoms with van der Waals surface area (Å²) in [5, 5.41) is 7.08. The van der Waals surface area contributed by atoms with Gasteiger partial charge in [-0.15, -0.1) is 0 Å². The Morgan fingerprint density at radius 3 is 2.92 bits per heavy atom. The van der Waals surface area contributed by atoms with Gasteiger partial charge in [0.1, 0.15) is 5.75 Å². The van der Waals surface area contributed by atoms with Gasteiger partial charge in [0.2, 0.25) is 0 Å². The number of carbonyl (C=O) groups excluding carboxylic acids is 2. The number of rotatable bonds is 8. The Kier molecular flexibility index (Phi) is 6.19. The molecular formula is C18H18N2O4S2. The van der Waals surface area contributed by atoms with Gasteiger partial charge in [0.05, 0.1) is 16.8 Å². The number of aryl methyl sites for hydroxylation is 1. The quantitative estimate of drug-likeness (QED) is 0.591. The first-order chi connectivity index (χ1) is 12.6. The molecule has 136 valence electrons. The summed E-state index contributed by atoms with van der Waals surface area (Å²) in [4.78, 5) is 28.0. The second-order valence-electron chi connectivity index (χ2n) is 5.42. The molecule has 1 aromatic carbocycles. The number of aromatic nitrogens is 1. The van der Waals surface area contributed by atoms with Gasteiger partial charge in [0, 0.05) is 6.42 Å². The molecule has 0 aliphatic carbocycles. The molecule has 0 saturated heterocycles. The van der Waals surface area contributed by atoms with Gasteiger partial charge in [-0.3, -0.25) is 14.9 Å². The van der Waals surface area contributed by atoms with E-state index in [2.05, 4.69) is 10.3 Å². The molecule has 26 heavy (non-hydrogen) atoms. The van der Waals surface area contributed by atoms with E-state index >= 15 is 0 Å². The van der Waals surface area contributed by atoms with Crippen molar-refractivity contribution in [3.05, 3.63) is 40.6 Å². The molecule has 0 radical (unpaired) electrons. The Morgan fingerprint density at radius 1 is 1.27 bits per heavy atom. The molecule has 2 heterocycles. The first kappa shape index (κ1) is 18.3. The van der Waals surface area contributed by atoms with E-state index in [1.54, 1.807) is 11.3 Å². The van der Waals surface area contributed by atoms with Gasteiger partial charge in [-0.1, -0.05) is 11.3 Å². The third-order valence-corrected chi connectivity index (χ3v) is 5.15. The number of esters is 1. The molecule has 1 N–H and O–H groups in total. The van der Waals surface area contributed by atoms with Gasteiger partial charge in [-0.05, 0) is 53.9 Å².